The van der Waals surface area contributed by atoms with Crippen LogP contribution < -0.4 is 10.6 Å². The number of hydrogen-bond acceptors (Lipinski definition) is 4. The van der Waals surface area contributed by atoms with E-state index in [-0.39, 0.29) is 29.9 Å². The minimum Gasteiger partial charge on any atom is -0.354 e. The van der Waals surface area contributed by atoms with E-state index in [1.165, 1.54) is 41.9 Å². The lowest BCUT2D eigenvalue weighted by Crippen LogP contribution is -2.42. The summed E-state index contributed by atoms with van der Waals surface area (Å²) in [6.07, 6.45) is 4.24. The van der Waals surface area contributed by atoms with E-state index in [9.17, 15) is 4.79 Å². The Hall–Kier alpha value is -1.65. The van der Waals surface area contributed by atoms with Gasteiger partial charge < -0.3 is 15.5 Å². The summed E-state index contributed by atoms with van der Waals surface area (Å²) in [5.74, 6) is 1.09. The van der Waals surface area contributed by atoms with Crippen molar-refractivity contribution in [1.29, 1.82) is 0 Å². The van der Waals surface area contributed by atoms with Gasteiger partial charge in [-0.2, -0.15) is 0 Å². The van der Waals surface area contributed by atoms with Gasteiger partial charge in [0, 0.05) is 44.5 Å². The van der Waals surface area contributed by atoms with Crippen molar-refractivity contribution in [2.75, 3.05) is 33.2 Å². The normalized spacial score (nSPS) is 18.0. The van der Waals surface area contributed by atoms with Gasteiger partial charge in [0.1, 0.15) is 0 Å². The summed E-state index contributed by atoms with van der Waals surface area (Å²) < 4.78 is 0. The summed E-state index contributed by atoms with van der Waals surface area (Å²) in [6.45, 7) is 5.47. The molecule has 3 heterocycles. The lowest BCUT2D eigenvalue weighted by Gasteiger charge is -2.27. The molecule has 4 rings (SSSR count). The predicted molar refractivity (Wildman–Crippen MR) is 143 cm³/mol. The third-order valence-corrected chi connectivity index (χ3v) is 7.11. The van der Waals surface area contributed by atoms with Crippen molar-refractivity contribution >= 4 is 47.2 Å². The molecule has 0 saturated carbocycles. The summed E-state index contributed by atoms with van der Waals surface area (Å²) in [6, 6.07) is 13.2. The Labute approximate surface area is 212 Å². The highest BCUT2D eigenvalue weighted by molar-refractivity contribution is 14.0. The SMILES string of the molecule is CN=C(NCc1cccc(CN2CCCC2=O)c1)NCC(c1cccs1)N1CCCC1.I. The first-order chi connectivity index (χ1) is 15.2. The molecule has 1 aromatic carbocycles. The summed E-state index contributed by atoms with van der Waals surface area (Å²) >= 11 is 1.83. The highest BCUT2D eigenvalue weighted by Gasteiger charge is 2.24. The third kappa shape index (κ3) is 6.68. The zero-order valence-electron chi connectivity index (χ0n) is 18.8. The zero-order chi connectivity index (χ0) is 21.5. The van der Waals surface area contributed by atoms with E-state index < -0.39 is 0 Å². The van der Waals surface area contributed by atoms with E-state index in [4.69, 9.17) is 0 Å². The molecule has 32 heavy (non-hydrogen) atoms. The molecule has 2 fully saturated rings. The van der Waals surface area contributed by atoms with E-state index in [0.717, 1.165) is 25.5 Å². The van der Waals surface area contributed by atoms with Crippen molar-refractivity contribution in [3.05, 3.63) is 57.8 Å². The van der Waals surface area contributed by atoms with Crippen LogP contribution in [0.15, 0.2) is 46.8 Å². The number of halogens is 1. The molecule has 1 atom stereocenters. The van der Waals surface area contributed by atoms with E-state index in [0.29, 0.717) is 25.6 Å². The summed E-state index contributed by atoms with van der Waals surface area (Å²) in [5.41, 5.74) is 2.38. The van der Waals surface area contributed by atoms with Crippen molar-refractivity contribution < 1.29 is 4.79 Å². The summed E-state index contributed by atoms with van der Waals surface area (Å²) in [5, 5.41) is 9.15. The maximum Gasteiger partial charge on any atom is 0.222 e. The van der Waals surface area contributed by atoms with Gasteiger partial charge in [-0.3, -0.25) is 14.7 Å². The van der Waals surface area contributed by atoms with Gasteiger partial charge in [0.15, 0.2) is 5.96 Å². The van der Waals surface area contributed by atoms with Gasteiger partial charge >= 0.3 is 0 Å². The van der Waals surface area contributed by atoms with E-state index in [1.807, 2.05) is 23.3 Å². The van der Waals surface area contributed by atoms with Crippen LogP contribution in [-0.4, -0.2) is 54.9 Å². The Morgan fingerprint density at radius 2 is 1.91 bits per heavy atom. The van der Waals surface area contributed by atoms with E-state index in [1.54, 1.807) is 0 Å². The molecule has 2 aromatic rings. The number of likely N-dealkylation sites (tertiary alicyclic amines) is 2. The lowest BCUT2D eigenvalue weighted by atomic mass is 10.1. The monoisotopic (exact) mass is 567 g/mol. The molecule has 6 nitrogen and oxygen atoms in total. The molecule has 0 bridgehead atoms. The van der Waals surface area contributed by atoms with Gasteiger partial charge in [-0.05, 0) is 54.9 Å². The number of rotatable bonds is 8. The van der Waals surface area contributed by atoms with Gasteiger partial charge in [-0.25, -0.2) is 0 Å². The highest BCUT2D eigenvalue weighted by Crippen LogP contribution is 2.27. The Bertz CT molecular complexity index is 882. The molecule has 0 spiro atoms. The fourth-order valence-electron chi connectivity index (χ4n) is 4.47. The summed E-state index contributed by atoms with van der Waals surface area (Å²) in [4.78, 5) is 22.3. The van der Waals surface area contributed by atoms with Crippen LogP contribution in [-0.2, 0) is 17.9 Å². The molecule has 2 saturated heterocycles. The van der Waals surface area contributed by atoms with Crippen LogP contribution in [0.4, 0.5) is 0 Å². The molecule has 2 N–H and O–H groups in total. The Balaban J connectivity index is 0.00000289. The summed E-state index contributed by atoms with van der Waals surface area (Å²) in [7, 11) is 1.82. The van der Waals surface area contributed by atoms with Crippen LogP contribution in [0.1, 0.15) is 47.7 Å². The number of nitrogens with zero attached hydrogens (tertiary/aromatic N) is 3. The molecule has 8 heteroatoms. The zero-order valence-corrected chi connectivity index (χ0v) is 21.9. The van der Waals surface area contributed by atoms with Gasteiger partial charge in [0.25, 0.3) is 0 Å². The second kappa shape index (κ2) is 12.6. The highest BCUT2D eigenvalue weighted by atomic mass is 127. The number of nitrogens with one attached hydrogen (secondary N) is 2. The molecule has 2 aliphatic rings. The maximum atomic E-state index is 11.9. The number of aliphatic imine (C=N–C) groups is 1. The average molecular weight is 568 g/mol. The van der Waals surface area contributed by atoms with Crippen LogP contribution >= 0.6 is 35.3 Å². The largest absolute Gasteiger partial charge is 0.354 e. The minimum atomic E-state index is 0. The fourth-order valence-corrected chi connectivity index (χ4v) is 5.33. The predicted octanol–water partition coefficient (Wildman–Crippen LogP) is 3.99. The fraction of sp³-hybridized carbons (Fsp3) is 0.500. The van der Waals surface area contributed by atoms with Crippen LogP contribution in [0, 0.1) is 0 Å². The van der Waals surface area contributed by atoms with Crippen molar-refractivity contribution in [2.45, 2.75) is 44.8 Å². The quantitative estimate of drug-likeness (QED) is 0.288. The lowest BCUT2D eigenvalue weighted by molar-refractivity contribution is -0.128. The number of hydrogen-bond donors (Lipinski definition) is 2. The van der Waals surface area contributed by atoms with Crippen molar-refractivity contribution in [3.8, 4) is 0 Å². The molecular formula is C24H34IN5OS. The van der Waals surface area contributed by atoms with Gasteiger partial charge in [0.05, 0.1) is 6.04 Å². The topological polar surface area (TPSA) is 60.0 Å². The molecule has 0 aliphatic carbocycles. The van der Waals surface area contributed by atoms with Crippen molar-refractivity contribution in [3.63, 3.8) is 0 Å². The maximum absolute atomic E-state index is 11.9. The molecule has 174 valence electrons. The van der Waals surface area contributed by atoms with Crippen molar-refractivity contribution in [1.82, 2.24) is 20.4 Å². The first kappa shape index (κ1) is 25.0. The van der Waals surface area contributed by atoms with Crippen LogP contribution in [0.3, 0.4) is 0 Å². The van der Waals surface area contributed by atoms with Gasteiger partial charge in [0.2, 0.25) is 5.91 Å². The smallest absolute Gasteiger partial charge is 0.222 e. The first-order valence-electron chi connectivity index (χ1n) is 11.3. The van der Waals surface area contributed by atoms with Crippen LogP contribution in [0.2, 0.25) is 0 Å². The number of carbonyl (C=O) groups excluding carboxylic acids is 1. The van der Waals surface area contributed by atoms with E-state index >= 15 is 0 Å². The van der Waals surface area contributed by atoms with Crippen LogP contribution in [0.25, 0.3) is 0 Å². The minimum absolute atomic E-state index is 0. The van der Waals surface area contributed by atoms with Gasteiger partial charge in [-0.15, -0.1) is 35.3 Å². The first-order valence-corrected chi connectivity index (χ1v) is 12.2. The molecular weight excluding hydrogens is 533 g/mol. The number of amides is 1. The second-order valence-corrected chi connectivity index (χ2v) is 9.30. The number of thiophene rings is 1. The Kier molecular flexibility index (Phi) is 9.80. The standard InChI is InChI=1S/C24H33N5OS.HI/c1-25-24(27-17-21(22-9-6-14-31-22)28-11-2-3-12-28)26-16-19-7-4-8-20(15-19)18-29-13-5-10-23(29)30;/h4,6-9,14-15,21H,2-3,5,10-13,16-18H2,1H3,(H2,25,26,27);1H. The Morgan fingerprint density at radius 1 is 1.09 bits per heavy atom. The number of carbonyl (C=O) groups is 1. The molecule has 1 unspecified atom stereocenters. The number of benzene rings is 1. The van der Waals surface area contributed by atoms with Crippen LogP contribution in [0.5, 0.6) is 0 Å². The van der Waals surface area contributed by atoms with E-state index in [2.05, 4.69) is 62.3 Å². The molecule has 1 amide bonds. The molecule has 2 aliphatic heterocycles. The molecule has 1 aromatic heterocycles. The van der Waals surface area contributed by atoms with Gasteiger partial charge in [-0.1, -0.05) is 30.3 Å². The number of guanidine groups is 1. The molecule has 0 radical (unpaired) electrons. The van der Waals surface area contributed by atoms with Crippen molar-refractivity contribution in [2.24, 2.45) is 4.99 Å². The average Bonchev–Trinajstić information content (AvgIpc) is 3.56. The second-order valence-electron chi connectivity index (χ2n) is 8.32. The Morgan fingerprint density at radius 3 is 2.59 bits per heavy atom. The third-order valence-electron chi connectivity index (χ3n) is 6.14.